The van der Waals surface area contributed by atoms with Gasteiger partial charge in [-0.3, -0.25) is 0 Å². The molecule has 1 aliphatic carbocycles. The van der Waals surface area contributed by atoms with Gasteiger partial charge in [0.15, 0.2) is 0 Å². The van der Waals surface area contributed by atoms with Gasteiger partial charge in [-0.1, -0.05) is 38.8 Å². The molecule has 0 radical (unpaired) electrons. The summed E-state index contributed by atoms with van der Waals surface area (Å²) in [5.74, 6) is 0. The minimum absolute atomic E-state index is 0.00905. The summed E-state index contributed by atoms with van der Waals surface area (Å²) in [6.45, 7) is 5.90. The van der Waals surface area contributed by atoms with Crippen molar-refractivity contribution >= 4 is 10.0 Å². The van der Waals surface area contributed by atoms with Gasteiger partial charge in [0.1, 0.15) is 0 Å². The van der Waals surface area contributed by atoms with Crippen molar-refractivity contribution in [1.82, 2.24) is 4.72 Å². The van der Waals surface area contributed by atoms with Gasteiger partial charge in [0.25, 0.3) is 0 Å². The van der Waals surface area contributed by atoms with Crippen LogP contribution in [-0.4, -0.2) is 19.6 Å². The second kappa shape index (κ2) is 6.07. The topological polar surface area (TPSA) is 66.4 Å². The second-order valence-electron chi connectivity index (χ2n) is 6.65. The summed E-state index contributed by atoms with van der Waals surface area (Å²) in [4.78, 5) is 0.258. The number of benzene rings is 1. The van der Waals surface area contributed by atoms with E-state index in [1.54, 1.807) is 31.2 Å². The molecule has 0 bridgehead atoms. The van der Waals surface area contributed by atoms with Crippen LogP contribution in [0.25, 0.3) is 0 Å². The molecule has 2 rings (SSSR count). The van der Waals surface area contributed by atoms with Crippen molar-refractivity contribution in [1.29, 1.82) is 0 Å². The van der Waals surface area contributed by atoms with E-state index in [1.807, 2.05) is 0 Å². The van der Waals surface area contributed by atoms with Gasteiger partial charge < -0.3 is 5.11 Å². The molecule has 118 valence electrons. The van der Waals surface area contributed by atoms with Crippen molar-refractivity contribution in [3.05, 3.63) is 29.8 Å². The Morgan fingerprint density at radius 2 is 1.86 bits per heavy atom. The molecule has 1 aromatic carbocycles. The summed E-state index contributed by atoms with van der Waals surface area (Å²) >= 11 is 0. The van der Waals surface area contributed by atoms with E-state index >= 15 is 0 Å². The Hall–Kier alpha value is -0.910. The Bertz CT molecular complexity index is 576. The molecule has 0 aromatic heterocycles. The summed E-state index contributed by atoms with van der Waals surface area (Å²) in [6.07, 6.45) is 3.57. The highest BCUT2D eigenvalue weighted by molar-refractivity contribution is 7.89. The Labute approximate surface area is 127 Å². The molecule has 2 atom stereocenters. The van der Waals surface area contributed by atoms with Crippen LogP contribution in [0.1, 0.15) is 58.1 Å². The summed E-state index contributed by atoms with van der Waals surface area (Å²) in [6, 6.07) is 6.41. The maximum atomic E-state index is 12.5. The molecule has 0 heterocycles. The Morgan fingerprint density at radius 3 is 2.38 bits per heavy atom. The highest BCUT2D eigenvalue weighted by atomic mass is 32.2. The maximum Gasteiger partial charge on any atom is 0.240 e. The van der Waals surface area contributed by atoms with Gasteiger partial charge in [-0.15, -0.1) is 0 Å². The monoisotopic (exact) mass is 311 g/mol. The smallest absolute Gasteiger partial charge is 0.240 e. The fraction of sp³-hybridized carbons (Fsp3) is 0.625. The largest absolute Gasteiger partial charge is 0.389 e. The zero-order chi connectivity index (χ0) is 15.7. The number of rotatable bonds is 4. The second-order valence-corrected chi connectivity index (χ2v) is 8.37. The number of hydrogen-bond acceptors (Lipinski definition) is 3. The van der Waals surface area contributed by atoms with Gasteiger partial charge in [0.2, 0.25) is 10.0 Å². The summed E-state index contributed by atoms with van der Waals surface area (Å²) in [7, 11) is -3.51. The number of aliphatic hydroxyl groups is 1. The Balaban J connectivity index is 2.18. The van der Waals surface area contributed by atoms with Gasteiger partial charge >= 0.3 is 0 Å². The van der Waals surface area contributed by atoms with Crippen LogP contribution in [0.2, 0.25) is 0 Å². The Kier molecular flexibility index (Phi) is 4.76. The molecule has 0 amide bonds. The van der Waals surface area contributed by atoms with Crippen LogP contribution in [0.5, 0.6) is 0 Å². The average Bonchev–Trinajstić information content (AvgIpc) is 2.41. The first-order chi connectivity index (χ1) is 9.72. The summed E-state index contributed by atoms with van der Waals surface area (Å²) in [5.41, 5.74) is 0.706. The van der Waals surface area contributed by atoms with E-state index in [0.717, 1.165) is 25.7 Å². The van der Waals surface area contributed by atoms with E-state index in [9.17, 15) is 13.5 Å². The molecule has 2 unspecified atom stereocenters. The van der Waals surface area contributed by atoms with Crippen molar-refractivity contribution in [3.8, 4) is 0 Å². The molecular formula is C16H25NO3S. The number of nitrogens with one attached hydrogen (secondary N) is 1. The molecule has 0 spiro atoms. The van der Waals surface area contributed by atoms with Crippen LogP contribution in [0, 0.1) is 5.41 Å². The predicted octanol–water partition coefficient (Wildman–Crippen LogP) is 2.99. The zero-order valence-electron chi connectivity index (χ0n) is 13.0. The highest BCUT2D eigenvalue weighted by Gasteiger charge is 2.35. The van der Waals surface area contributed by atoms with Crippen molar-refractivity contribution in [2.24, 2.45) is 5.41 Å². The molecule has 0 saturated heterocycles. The third-order valence-electron chi connectivity index (χ3n) is 4.48. The minimum atomic E-state index is -3.51. The maximum absolute atomic E-state index is 12.5. The summed E-state index contributed by atoms with van der Waals surface area (Å²) in [5, 5.41) is 9.48. The van der Waals surface area contributed by atoms with Crippen LogP contribution in [0.4, 0.5) is 0 Å². The Morgan fingerprint density at radius 1 is 1.24 bits per heavy atom. The van der Waals surface area contributed by atoms with Crippen LogP contribution in [0.3, 0.4) is 0 Å². The van der Waals surface area contributed by atoms with Gasteiger partial charge in [-0.2, -0.15) is 0 Å². The van der Waals surface area contributed by atoms with Crippen molar-refractivity contribution in [2.75, 3.05) is 0 Å². The van der Waals surface area contributed by atoms with E-state index in [4.69, 9.17) is 0 Å². The lowest BCUT2D eigenvalue weighted by Crippen LogP contribution is -2.46. The van der Waals surface area contributed by atoms with Crippen molar-refractivity contribution in [3.63, 3.8) is 0 Å². The fourth-order valence-corrected chi connectivity index (χ4v) is 4.34. The molecule has 0 aliphatic heterocycles. The van der Waals surface area contributed by atoms with Gasteiger partial charge in [0.05, 0.1) is 11.0 Å². The lowest BCUT2D eigenvalue weighted by Gasteiger charge is -2.38. The normalized spacial score (nSPS) is 23.7. The first kappa shape index (κ1) is 16.5. The zero-order valence-corrected chi connectivity index (χ0v) is 13.8. The number of aliphatic hydroxyl groups excluding tert-OH is 1. The van der Waals surface area contributed by atoms with E-state index in [1.165, 1.54) is 0 Å². The van der Waals surface area contributed by atoms with E-state index in [0.29, 0.717) is 5.56 Å². The predicted molar refractivity (Wildman–Crippen MR) is 83.4 cm³/mol. The molecular weight excluding hydrogens is 286 g/mol. The number of sulfonamides is 1. The minimum Gasteiger partial charge on any atom is -0.389 e. The van der Waals surface area contributed by atoms with Crippen LogP contribution in [0.15, 0.2) is 29.2 Å². The molecule has 1 saturated carbocycles. The third kappa shape index (κ3) is 3.84. The molecule has 1 fully saturated rings. The van der Waals surface area contributed by atoms with Gasteiger partial charge in [-0.05, 0) is 42.9 Å². The average molecular weight is 311 g/mol. The van der Waals surface area contributed by atoms with Gasteiger partial charge in [0, 0.05) is 6.04 Å². The summed E-state index contributed by atoms with van der Waals surface area (Å²) < 4.78 is 27.9. The lowest BCUT2D eigenvalue weighted by molar-refractivity contribution is 0.188. The van der Waals surface area contributed by atoms with E-state index < -0.39 is 16.1 Å². The fourth-order valence-electron chi connectivity index (χ4n) is 2.89. The molecule has 1 aromatic rings. The third-order valence-corrected chi connectivity index (χ3v) is 5.97. The quantitative estimate of drug-likeness (QED) is 0.898. The SMILES string of the molecule is CC(O)c1ccc(S(=O)(=O)NC2CCCCC2(C)C)cc1. The molecule has 4 nitrogen and oxygen atoms in total. The first-order valence-electron chi connectivity index (χ1n) is 7.53. The molecule has 5 heteroatoms. The highest BCUT2D eigenvalue weighted by Crippen LogP contribution is 2.36. The van der Waals surface area contributed by atoms with E-state index in [-0.39, 0.29) is 16.4 Å². The van der Waals surface area contributed by atoms with Crippen LogP contribution >= 0.6 is 0 Å². The van der Waals surface area contributed by atoms with Gasteiger partial charge in [-0.25, -0.2) is 13.1 Å². The standard InChI is InChI=1S/C16H25NO3S/c1-12(18)13-7-9-14(10-8-13)21(19,20)17-15-6-4-5-11-16(15,2)3/h7-10,12,15,17-18H,4-6,11H2,1-3H3. The van der Waals surface area contributed by atoms with Crippen molar-refractivity contribution < 1.29 is 13.5 Å². The van der Waals surface area contributed by atoms with E-state index in [2.05, 4.69) is 18.6 Å². The van der Waals surface area contributed by atoms with Crippen LogP contribution in [-0.2, 0) is 10.0 Å². The first-order valence-corrected chi connectivity index (χ1v) is 9.01. The van der Waals surface area contributed by atoms with Crippen molar-refractivity contribution in [2.45, 2.75) is 63.5 Å². The molecule has 21 heavy (non-hydrogen) atoms. The lowest BCUT2D eigenvalue weighted by atomic mass is 9.74. The number of hydrogen-bond donors (Lipinski definition) is 2. The van der Waals surface area contributed by atoms with Crippen LogP contribution < -0.4 is 4.72 Å². The molecule has 2 N–H and O–H groups in total. The molecule has 1 aliphatic rings.